The summed E-state index contributed by atoms with van der Waals surface area (Å²) in [5.74, 6) is -0.258. The summed E-state index contributed by atoms with van der Waals surface area (Å²) in [6, 6.07) is 8.18. The molecule has 0 aromatic carbocycles. The summed E-state index contributed by atoms with van der Waals surface area (Å²) in [6.07, 6.45) is 6.59. The van der Waals surface area contributed by atoms with E-state index in [2.05, 4.69) is 16.8 Å². The molecule has 0 amide bonds. The molecule has 3 heterocycles. The number of Topliss-reactive ketones (excluding diaryl/α,β-unsaturated/α-hetero) is 1. The van der Waals surface area contributed by atoms with Crippen LogP contribution < -0.4 is 5.32 Å². The predicted molar refractivity (Wildman–Crippen MR) is 124 cm³/mol. The number of hydrogen-bond acceptors (Lipinski definition) is 6. The Balaban J connectivity index is 1.49. The zero-order chi connectivity index (χ0) is 21.4. The number of hydrogen-bond donors (Lipinski definition) is 1. The number of allylic oxidation sites excluding steroid dienone is 3. The second-order valence-corrected chi connectivity index (χ2v) is 10.7. The van der Waals surface area contributed by atoms with E-state index in [-0.39, 0.29) is 29.7 Å². The Hall–Kier alpha value is -2.18. The second kappa shape index (κ2) is 8.75. The third kappa shape index (κ3) is 4.03. The molecule has 6 heteroatoms. The zero-order valence-corrected chi connectivity index (χ0v) is 19.3. The number of carbonyl (C=O) groups is 2. The number of thiophene rings is 2. The zero-order valence-electron chi connectivity index (χ0n) is 17.7. The molecule has 5 rings (SSSR count). The van der Waals surface area contributed by atoms with Gasteiger partial charge < -0.3 is 10.1 Å². The highest BCUT2D eigenvalue weighted by Gasteiger charge is 2.42. The first-order valence-electron chi connectivity index (χ1n) is 11.1. The van der Waals surface area contributed by atoms with Gasteiger partial charge in [-0.3, -0.25) is 4.79 Å². The molecule has 0 unspecified atom stereocenters. The van der Waals surface area contributed by atoms with E-state index in [9.17, 15) is 9.59 Å². The lowest BCUT2D eigenvalue weighted by molar-refractivity contribution is -0.146. The van der Waals surface area contributed by atoms with Crippen molar-refractivity contribution in [2.24, 2.45) is 0 Å². The van der Waals surface area contributed by atoms with Crippen LogP contribution in [0.1, 0.15) is 73.5 Å². The highest BCUT2D eigenvalue weighted by molar-refractivity contribution is 7.10. The van der Waals surface area contributed by atoms with E-state index in [1.165, 1.54) is 11.3 Å². The van der Waals surface area contributed by atoms with E-state index in [1.807, 2.05) is 30.5 Å². The fourth-order valence-electron chi connectivity index (χ4n) is 5.17. The molecule has 2 atom stereocenters. The Morgan fingerprint density at radius 1 is 1.03 bits per heavy atom. The normalized spacial score (nSPS) is 24.7. The van der Waals surface area contributed by atoms with Crippen LogP contribution in [0.15, 0.2) is 57.6 Å². The number of carbonyl (C=O) groups excluding carboxylic acids is 2. The van der Waals surface area contributed by atoms with Crippen molar-refractivity contribution in [1.29, 1.82) is 0 Å². The highest BCUT2D eigenvalue weighted by atomic mass is 32.1. The third-order valence-corrected chi connectivity index (χ3v) is 8.62. The SMILES string of the molecule is CC1=C(C(=O)OC2CCCCC2)[C@H](c2cccs2)C2=C(C[C@H](c3cccs3)CC2=O)N1. The Labute approximate surface area is 191 Å². The van der Waals surface area contributed by atoms with Gasteiger partial charge in [0.25, 0.3) is 0 Å². The van der Waals surface area contributed by atoms with Crippen LogP contribution in [0.4, 0.5) is 0 Å². The van der Waals surface area contributed by atoms with E-state index in [0.717, 1.165) is 53.9 Å². The summed E-state index contributed by atoms with van der Waals surface area (Å²) in [4.78, 5) is 29.1. The molecule has 0 saturated heterocycles. The van der Waals surface area contributed by atoms with E-state index in [1.54, 1.807) is 22.7 Å². The molecule has 1 saturated carbocycles. The number of nitrogens with one attached hydrogen (secondary N) is 1. The van der Waals surface area contributed by atoms with Crippen LogP contribution in [0, 0.1) is 0 Å². The lowest BCUT2D eigenvalue weighted by Gasteiger charge is -2.36. The number of ketones is 1. The van der Waals surface area contributed by atoms with Gasteiger partial charge in [-0.2, -0.15) is 0 Å². The van der Waals surface area contributed by atoms with Crippen LogP contribution in [-0.2, 0) is 14.3 Å². The first kappa shape index (κ1) is 20.7. The molecule has 0 radical (unpaired) electrons. The van der Waals surface area contributed by atoms with Gasteiger partial charge in [0.05, 0.1) is 11.5 Å². The Morgan fingerprint density at radius 3 is 2.42 bits per heavy atom. The minimum Gasteiger partial charge on any atom is -0.459 e. The molecule has 4 nitrogen and oxygen atoms in total. The number of esters is 1. The fourth-order valence-corrected chi connectivity index (χ4v) is 6.85. The molecule has 31 heavy (non-hydrogen) atoms. The quantitative estimate of drug-likeness (QED) is 0.573. The van der Waals surface area contributed by atoms with E-state index in [4.69, 9.17) is 4.74 Å². The van der Waals surface area contributed by atoms with Gasteiger partial charge in [-0.05, 0) is 61.9 Å². The van der Waals surface area contributed by atoms with Crippen molar-refractivity contribution in [2.45, 2.75) is 69.8 Å². The van der Waals surface area contributed by atoms with Crippen molar-refractivity contribution in [3.8, 4) is 0 Å². The molecule has 0 spiro atoms. The average molecular weight is 454 g/mol. The molecule has 3 aliphatic rings. The molecular weight excluding hydrogens is 426 g/mol. The number of rotatable bonds is 4. The van der Waals surface area contributed by atoms with Crippen LogP contribution in [-0.4, -0.2) is 17.9 Å². The summed E-state index contributed by atoms with van der Waals surface area (Å²) >= 11 is 3.31. The maximum absolute atomic E-state index is 13.4. The average Bonchev–Trinajstić information content (AvgIpc) is 3.47. The maximum Gasteiger partial charge on any atom is 0.337 e. The third-order valence-electron chi connectivity index (χ3n) is 6.65. The van der Waals surface area contributed by atoms with Gasteiger partial charge in [0, 0.05) is 39.1 Å². The number of ether oxygens (including phenoxy) is 1. The molecule has 2 aromatic rings. The Kier molecular flexibility index (Phi) is 5.85. The summed E-state index contributed by atoms with van der Waals surface area (Å²) in [5, 5.41) is 7.53. The van der Waals surface area contributed by atoms with Crippen LogP contribution in [0.3, 0.4) is 0 Å². The summed E-state index contributed by atoms with van der Waals surface area (Å²) < 4.78 is 5.96. The smallest absolute Gasteiger partial charge is 0.337 e. The second-order valence-electron chi connectivity index (χ2n) is 8.71. The van der Waals surface area contributed by atoms with Crippen molar-refractivity contribution < 1.29 is 14.3 Å². The first-order valence-corrected chi connectivity index (χ1v) is 12.9. The van der Waals surface area contributed by atoms with Crippen LogP contribution in [0.2, 0.25) is 0 Å². The highest BCUT2D eigenvalue weighted by Crippen LogP contribution is 2.47. The molecule has 162 valence electrons. The summed E-state index contributed by atoms with van der Waals surface area (Å²) in [5.41, 5.74) is 3.16. The van der Waals surface area contributed by atoms with E-state index < -0.39 is 0 Å². The van der Waals surface area contributed by atoms with Gasteiger partial charge in [0.2, 0.25) is 0 Å². The van der Waals surface area contributed by atoms with E-state index in [0.29, 0.717) is 12.0 Å². The largest absolute Gasteiger partial charge is 0.459 e. The molecular formula is C25H27NO3S2. The lowest BCUT2D eigenvalue weighted by atomic mass is 9.74. The van der Waals surface area contributed by atoms with Gasteiger partial charge >= 0.3 is 5.97 Å². The van der Waals surface area contributed by atoms with Crippen LogP contribution in [0.5, 0.6) is 0 Å². The van der Waals surface area contributed by atoms with Gasteiger partial charge in [0.1, 0.15) is 6.10 Å². The molecule has 2 aromatic heterocycles. The van der Waals surface area contributed by atoms with Crippen LogP contribution >= 0.6 is 22.7 Å². The van der Waals surface area contributed by atoms with Crippen molar-refractivity contribution in [1.82, 2.24) is 5.32 Å². The lowest BCUT2D eigenvalue weighted by Crippen LogP contribution is -2.36. The van der Waals surface area contributed by atoms with Crippen molar-refractivity contribution in [3.05, 3.63) is 67.3 Å². The molecule has 1 aliphatic heterocycles. The van der Waals surface area contributed by atoms with Crippen molar-refractivity contribution in [2.75, 3.05) is 0 Å². The van der Waals surface area contributed by atoms with Gasteiger partial charge in [-0.1, -0.05) is 18.6 Å². The monoisotopic (exact) mass is 453 g/mol. The maximum atomic E-state index is 13.4. The van der Waals surface area contributed by atoms with Crippen LogP contribution in [0.25, 0.3) is 0 Å². The molecule has 0 bridgehead atoms. The minimum absolute atomic E-state index is 0.00817. The van der Waals surface area contributed by atoms with Gasteiger partial charge in [-0.25, -0.2) is 4.79 Å². The minimum atomic E-state index is -0.330. The molecule has 1 N–H and O–H groups in total. The Morgan fingerprint density at radius 2 is 1.74 bits per heavy atom. The predicted octanol–water partition coefficient (Wildman–Crippen LogP) is 6.05. The molecule has 1 fully saturated rings. The molecule has 2 aliphatic carbocycles. The standard InChI is InChI=1S/C25H27NO3S2/c1-15-22(25(28)29-17-7-3-2-4-8-17)24(21-10-6-12-31-21)23-18(26-15)13-16(14-19(23)27)20-9-5-11-30-20/h5-6,9-12,16-17,24,26H,2-4,7-8,13-14H2,1H3/t16-,24-/m0/s1. The summed E-state index contributed by atoms with van der Waals surface area (Å²) in [7, 11) is 0. The topological polar surface area (TPSA) is 55.4 Å². The van der Waals surface area contributed by atoms with Gasteiger partial charge in [0.15, 0.2) is 5.78 Å². The van der Waals surface area contributed by atoms with Gasteiger partial charge in [-0.15, -0.1) is 22.7 Å². The van der Waals surface area contributed by atoms with E-state index >= 15 is 0 Å². The van der Waals surface area contributed by atoms with Crippen molar-refractivity contribution >= 4 is 34.4 Å². The number of dihydropyridines is 1. The first-order chi connectivity index (χ1) is 15.1. The summed E-state index contributed by atoms with van der Waals surface area (Å²) in [6.45, 7) is 1.95. The fraction of sp³-hybridized carbons (Fsp3) is 0.440. The van der Waals surface area contributed by atoms with Crippen molar-refractivity contribution in [3.63, 3.8) is 0 Å². The Bertz CT molecular complexity index is 1030.